The van der Waals surface area contributed by atoms with Crippen LogP contribution in [0.4, 0.5) is 10.3 Å². The molecule has 10 heteroatoms. The number of hydrogen-bond donors (Lipinski definition) is 1. The molecule has 4 rings (SSSR count). The summed E-state index contributed by atoms with van der Waals surface area (Å²) in [7, 11) is 0. The fraction of sp³-hybridized carbons (Fsp3) is 0.478. The molecule has 1 N–H and O–H groups in total. The molecule has 3 aromatic heterocycles. The summed E-state index contributed by atoms with van der Waals surface area (Å²) in [6.07, 6.45) is 3.18. The topological polar surface area (TPSA) is 101 Å². The third kappa shape index (κ3) is 5.00. The minimum atomic E-state index is -0.430. The maximum Gasteiger partial charge on any atom is 0.274 e. The number of Topliss-reactive ketones (excluding diaryl/α,β-unsaturated/α-hetero) is 1. The number of rotatable bonds is 6. The maximum atomic E-state index is 13.6. The van der Waals surface area contributed by atoms with Crippen molar-refractivity contribution >= 4 is 39.3 Å². The van der Waals surface area contributed by atoms with Crippen LogP contribution in [-0.4, -0.2) is 49.6 Å². The van der Waals surface area contributed by atoms with Crippen LogP contribution >= 0.6 is 11.3 Å². The Hall–Kier alpha value is -3.01. The number of ketones is 1. The SMILES string of the molecule is Cc1nc2nc(N[C@@H](C)c3cncc(F)c3)nc(C(=O)N3CC(CC(=O)C(C)(C)C)C3)c2s1. The zero-order valence-electron chi connectivity index (χ0n) is 19.3. The van der Waals surface area contributed by atoms with Gasteiger partial charge in [0.15, 0.2) is 11.3 Å². The van der Waals surface area contributed by atoms with Crippen molar-refractivity contribution < 1.29 is 14.0 Å². The summed E-state index contributed by atoms with van der Waals surface area (Å²) in [5, 5.41) is 3.91. The number of nitrogens with zero attached hydrogens (tertiary/aromatic N) is 5. The second-order valence-electron chi connectivity index (χ2n) is 9.54. The molecule has 0 radical (unpaired) electrons. The molecule has 0 aliphatic carbocycles. The summed E-state index contributed by atoms with van der Waals surface area (Å²) in [5.41, 5.74) is 0.994. The number of fused-ring (bicyclic) bond motifs is 1. The van der Waals surface area contributed by atoms with Crippen LogP contribution in [0.5, 0.6) is 0 Å². The predicted molar refractivity (Wildman–Crippen MR) is 125 cm³/mol. The number of pyridine rings is 1. The van der Waals surface area contributed by atoms with Crippen LogP contribution in [0.3, 0.4) is 0 Å². The number of halogens is 1. The Kier molecular flexibility index (Phi) is 6.13. The summed E-state index contributed by atoms with van der Waals surface area (Å²) in [4.78, 5) is 44.6. The Morgan fingerprint density at radius 3 is 2.64 bits per heavy atom. The average molecular weight is 471 g/mol. The monoisotopic (exact) mass is 470 g/mol. The maximum absolute atomic E-state index is 13.6. The molecule has 1 fully saturated rings. The standard InChI is InChI=1S/C23H27FN6O2S/c1-12(15-7-16(24)9-25-8-15)26-22-28-18(19-20(29-22)27-13(2)33-19)21(32)30-10-14(11-30)6-17(31)23(3,4)5/h7-9,12,14H,6,10-11H2,1-5H3,(H,26,28,29)/t12-/m0/s1. The third-order valence-electron chi connectivity index (χ3n) is 5.69. The first kappa shape index (κ1) is 23.2. The van der Waals surface area contributed by atoms with Crippen molar-refractivity contribution in [3.05, 3.63) is 40.5 Å². The summed E-state index contributed by atoms with van der Waals surface area (Å²) in [6.45, 7) is 10.5. The van der Waals surface area contributed by atoms with E-state index in [1.54, 1.807) is 11.1 Å². The molecule has 1 amide bonds. The molecule has 0 saturated carbocycles. The van der Waals surface area contributed by atoms with E-state index in [1.807, 2.05) is 34.6 Å². The largest absolute Gasteiger partial charge is 0.348 e. The van der Waals surface area contributed by atoms with E-state index in [0.29, 0.717) is 41.1 Å². The number of aromatic nitrogens is 4. The van der Waals surface area contributed by atoms with Crippen LogP contribution in [0.1, 0.15) is 61.2 Å². The van der Waals surface area contributed by atoms with E-state index in [4.69, 9.17) is 0 Å². The molecule has 4 heterocycles. The van der Waals surface area contributed by atoms with E-state index in [2.05, 4.69) is 25.3 Å². The molecule has 1 aliphatic rings. The summed E-state index contributed by atoms with van der Waals surface area (Å²) >= 11 is 1.37. The minimum absolute atomic E-state index is 0.166. The molecule has 0 aromatic carbocycles. The van der Waals surface area contributed by atoms with Gasteiger partial charge in [-0.15, -0.1) is 11.3 Å². The average Bonchev–Trinajstić information content (AvgIpc) is 3.08. The lowest BCUT2D eigenvalue weighted by Crippen LogP contribution is -2.51. The van der Waals surface area contributed by atoms with Crippen molar-refractivity contribution in [2.75, 3.05) is 18.4 Å². The van der Waals surface area contributed by atoms with Gasteiger partial charge in [-0.05, 0) is 25.5 Å². The predicted octanol–water partition coefficient (Wildman–Crippen LogP) is 4.18. The number of amides is 1. The Balaban J connectivity index is 1.54. The van der Waals surface area contributed by atoms with Crippen LogP contribution in [0.25, 0.3) is 10.3 Å². The van der Waals surface area contributed by atoms with Gasteiger partial charge in [-0.2, -0.15) is 4.98 Å². The molecule has 3 aromatic rings. The van der Waals surface area contributed by atoms with Crippen molar-refractivity contribution in [1.29, 1.82) is 0 Å². The van der Waals surface area contributed by atoms with Crippen LogP contribution in [0, 0.1) is 24.1 Å². The summed E-state index contributed by atoms with van der Waals surface area (Å²) in [6, 6.07) is 1.06. The van der Waals surface area contributed by atoms with Crippen LogP contribution in [0.15, 0.2) is 18.5 Å². The molecule has 1 aliphatic heterocycles. The van der Waals surface area contributed by atoms with Gasteiger partial charge in [-0.1, -0.05) is 20.8 Å². The zero-order chi connectivity index (χ0) is 23.9. The van der Waals surface area contributed by atoms with Gasteiger partial charge >= 0.3 is 0 Å². The highest BCUT2D eigenvalue weighted by Gasteiger charge is 2.36. The number of carbonyl (C=O) groups is 2. The molecule has 0 unspecified atom stereocenters. The van der Waals surface area contributed by atoms with Crippen molar-refractivity contribution in [3.63, 3.8) is 0 Å². The normalized spacial score (nSPS) is 15.4. The van der Waals surface area contributed by atoms with Crippen LogP contribution < -0.4 is 5.32 Å². The van der Waals surface area contributed by atoms with E-state index in [1.165, 1.54) is 17.4 Å². The fourth-order valence-corrected chi connectivity index (χ4v) is 4.50. The summed E-state index contributed by atoms with van der Waals surface area (Å²) in [5.74, 6) is -0.0176. The Morgan fingerprint density at radius 2 is 1.97 bits per heavy atom. The smallest absolute Gasteiger partial charge is 0.274 e. The van der Waals surface area contributed by atoms with E-state index >= 15 is 0 Å². The van der Waals surface area contributed by atoms with E-state index in [0.717, 1.165) is 11.2 Å². The molecule has 1 atom stereocenters. The number of likely N-dealkylation sites (tertiary alicyclic amines) is 1. The van der Waals surface area contributed by atoms with Gasteiger partial charge in [0.05, 0.1) is 17.2 Å². The second kappa shape index (κ2) is 8.74. The molecule has 0 bridgehead atoms. The van der Waals surface area contributed by atoms with Crippen molar-refractivity contribution in [3.8, 4) is 0 Å². The van der Waals surface area contributed by atoms with E-state index in [9.17, 15) is 14.0 Å². The van der Waals surface area contributed by atoms with Crippen LogP contribution in [0.2, 0.25) is 0 Å². The van der Waals surface area contributed by atoms with Gasteiger partial charge in [0.2, 0.25) is 5.95 Å². The third-order valence-corrected chi connectivity index (χ3v) is 6.66. The number of anilines is 1. The number of thiazole rings is 1. The Bertz CT molecular complexity index is 1220. The molecule has 33 heavy (non-hydrogen) atoms. The first-order chi connectivity index (χ1) is 15.5. The van der Waals surface area contributed by atoms with Gasteiger partial charge in [0.1, 0.15) is 16.3 Å². The van der Waals surface area contributed by atoms with Crippen molar-refractivity contribution in [2.24, 2.45) is 11.3 Å². The second-order valence-corrected chi connectivity index (χ2v) is 10.7. The Morgan fingerprint density at radius 1 is 1.24 bits per heavy atom. The van der Waals surface area contributed by atoms with Crippen molar-refractivity contribution in [1.82, 2.24) is 24.8 Å². The first-order valence-corrected chi connectivity index (χ1v) is 11.7. The highest BCUT2D eigenvalue weighted by atomic mass is 32.1. The minimum Gasteiger partial charge on any atom is -0.348 e. The lowest BCUT2D eigenvalue weighted by Gasteiger charge is -2.39. The number of nitrogens with one attached hydrogen (secondary N) is 1. The quantitative estimate of drug-likeness (QED) is 0.577. The van der Waals surface area contributed by atoms with Gasteiger partial charge in [-0.25, -0.2) is 14.4 Å². The van der Waals surface area contributed by atoms with Crippen molar-refractivity contribution in [2.45, 2.75) is 47.1 Å². The van der Waals surface area contributed by atoms with E-state index < -0.39 is 5.82 Å². The Labute approximate surface area is 195 Å². The molecule has 174 valence electrons. The first-order valence-electron chi connectivity index (χ1n) is 10.9. The lowest BCUT2D eigenvalue weighted by atomic mass is 9.83. The highest BCUT2D eigenvalue weighted by Crippen LogP contribution is 2.30. The highest BCUT2D eigenvalue weighted by molar-refractivity contribution is 7.18. The van der Waals surface area contributed by atoms with Crippen LogP contribution in [-0.2, 0) is 4.79 Å². The van der Waals surface area contributed by atoms with Gasteiger partial charge in [0.25, 0.3) is 5.91 Å². The number of carbonyl (C=O) groups excluding carboxylic acids is 2. The summed E-state index contributed by atoms with van der Waals surface area (Å²) < 4.78 is 14.2. The van der Waals surface area contributed by atoms with Gasteiger partial charge < -0.3 is 10.2 Å². The molecular formula is C23H27FN6O2S. The molecule has 1 saturated heterocycles. The number of aryl methyl sites for hydroxylation is 1. The zero-order valence-corrected chi connectivity index (χ0v) is 20.2. The van der Waals surface area contributed by atoms with Gasteiger partial charge in [0, 0.05) is 37.0 Å². The molecule has 0 spiro atoms. The molecule has 8 nitrogen and oxygen atoms in total. The molecular weight excluding hydrogens is 443 g/mol. The lowest BCUT2D eigenvalue weighted by molar-refractivity contribution is -0.128. The van der Waals surface area contributed by atoms with E-state index in [-0.39, 0.29) is 35.0 Å². The number of hydrogen-bond acceptors (Lipinski definition) is 8. The van der Waals surface area contributed by atoms with Gasteiger partial charge in [-0.3, -0.25) is 14.6 Å². The fourth-order valence-electron chi connectivity index (χ4n) is 3.66.